The lowest BCUT2D eigenvalue weighted by Gasteiger charge is -2.30. The molecular weight excluding hydrogens is 324 g/mol. The second-order valence-electron chi connectivity index (χ2n) is 6.15. The summed E-state index contributed by atoms with van der Waals surface area (Å²) in [5, 5.41) is 4.22. The van der Waals surface area contributed by atoms with E-state index < -0.39 is 15.6 Å². The van der Waals surface area contributed by atoms with Gasteiger partial charge in [0, 0.05) is 18.5 Å². The molecule has 0 aliphatic carbocycles. The molecule has 0 aromatic heterocycles. The molecule has 0 saturated carbocycles. The Kier molecular flexibility index (Phi) is 3.57. The number of rotatable bonds is 4. The maximum absolute atomic E-state index is 12.8. The first-order chi connectivity index (χ1) is 11.6. The quantitative estimate of drug-likeness (QED) is 0.857. The highest BCUT2D eigenvalue weighted by molar-refractivity contribution is 7.91. The SMILES string of the molecule is O=S(=O)(CC12CCCN1C(c1ccccc1)=NO2)c1ccccc1. The summed E-state index contributed by atoms with van der Waals surface area (Å²) in [7, 11) is -3.45. The summed E-state index contributed by atoms with van der Waals surface area (Å²) in [6.45, 7) is 0.748. The highest BCUT2D eigenvalue weighted by Gasteiger charge is 2.52. The molecule has 1 fully saturated rings. The fourth-order valence-corrected chi connectivity index (χ4v) is 5.09. The van der Waals surface area contributed by atoms with E-state index in [-0.39, 0.29) is 5.75 Å². The third-order valence-corrected chi connectivity index (χ3v) is 6.37. The van der Waals surface area contributed by atoms with Crippen LogP contribution >= 0.6 is 0 Å². The van der Waals surface area contributed by atoms with Crippen molar-refractivity contribution in [1.29, 1.82) is 0 Å². The molecule has 2 aromatic rings. The summed E-state index contributed by atoms with van der Waals surface area (Å²) in [5.74, 6) is 0.625. The van der Waals surface area contributed by atoms with Crippen LogP contribution in [0.2, 0.25) is 0 Å². The lowest BCUT2D eigenvalue weighted by Crippen LogP contribution is -2.48. The van der Waals surface area contributed by atoms with Gasteiger partial charge in [-0.15, -0.1) is 0 Å². The first kappa shape index (κ1) is 15.2. The van der Waals surface area contributed by atoms with Crippen molar-refractivity contribution in [2.24, 2.45) is 5.16 Å². The van der Waals surface area contributed by atoms with E-state index in [0.717, 1.165) is 24.4 Å². The molecule has 1 atom stereocenters. The van der Waals surface area contributed by atoms with Crippen LogP contribution in [0, 0.1) is 0 Å². The van der Waals surface area contributed by atoms with E-state index in [1.54, 1.807) is 24.3 Å². The predicted molar refractivity (Wildman–Crippen MR) is 91.2 cm³/mol. The second kappa shape index (κ2) is 5.63. The van der Waals surface area contributed by atoms with Crippen molar-refractivity contribution >= 4 is 15.7 Å². The number of nitrogens with zero attached hydrogens (tertiary/aromatic N) is 2. The van der Waals surface area contributed by atoms with Gasteiger partial charge >= 0.3 is 0 Å². The van der Waals surface area contributed by atoms with Crippen LogP contribution in [0.25, 0.3) is 0 Å². The van der Waals surface area contributed by atoms with Crippen molar-refractivity contribution in [2.45, 2.75) is 23.5 Å². The Hall–Kier alpha value is -2.34. The van der Waals surface area contributed by atoms with E-state index in [4.69, 9.17) is 4.84 Å². The normalized spacial score (nSPS) is 22.8. The van der Waals surface area contributed by atoms with Gasteiger partial charge in [-0.25, -0.2) is 8.42 Å². The Morgan fingerprint density at radius 3 is 2.42 bits per heavy atom. The molecule has 0 bridgehead atoms. The Morgan fingerprint density at radius 2 is 1.71 bits per heavy atom. The molecule has 4 rings (SSSR count). The van der Waals surface area contributed by atoms with Crippen LogP contribution in [0.3, 0.4) is 0 Å². The van der Waals surface area contributed by atoms with Crippen LogP contribution in [0.1, 0.15) is 18.4 Å². The van der Waals surface area contributed by atoms with Crippen LogP contribution in [0.15, 0.2) is 70.7 Å². The summed E-state index contributed by atoms with van der Waals surface area (Å²) < 4.78 is 25.6. The zero-order valence-corrected chi connectivity index (χ0v) is 13.9. The summed E-state index contributed by atoms with van der Waals surface area (Å²) in [6, 6.07) is 18.3. The Balaban J connectivity index is 1.64. The zero-order valence-electron chi connectivity index (χ0n) is 13.1. The van der Waals surface area contributed by atoms with Gasteiger partial charge in [-0.2, -0.15) is 0 Å². The molecule has 124 valence electrons. The van der Waals surface area contributed by atoms with E-state index in [0.29, 0.717) is 11.3 Å². The van der Waals surface area contributed by atoms with Crippen molar-refractivity contribution in [3.8, 4) is 0 Å². The second-order valence-corrected chi connectivity index (χ2v) is 8.14. The highest BCUT2D eigenvalue weighted by Crippen LogP contribution is 2.39. The van der Waals surface area contributed by atoms with Gasteiger partial charge in [0.1, 0.15) is 5.75 Å². The molecule has 5 nitrogen and oxygen atoms in total. The molecule has 0 amide bonds. The molecule has 0 N–H and O–H groups in total. The smallest absolute Gasteiger partial charge is 0.225 e. The van der Waals surface area contributed by atoms with Gasteiger partial charge in [-0.05, 0) is 18.6 Å². The topological polar surface area (TPSA) is 59.0 Å². The largest absolute Gasteiger partial charge is 0.364 e. The van der Waals surface area contributed by atoms with Crippen molar-refractivity contribution in [1.82, 2.24) is 4.90 Å². The molecular formula is C18H18N2O3S. The Bertz CT molecular complexity index is 866. The maximum Gasteiger partial charge on any atom is 0.225 e. The number of hydrogen-bond acceptors (Lipinski definition) is 5. The van der Waals surface area contributed by atoms with E-state index in [9.17, 15) is 8.42 Å². The first-order valence-corrected chi connectivity index (χ1v) is 9.63. The highest BCUT2D eigenvalue weighted by atomic mass is 32.2. The van der Waals surface area contributed by atoms with Crippen molar-refractivity contribution in [3.63, 3.8) is 0 Å². The minimum atomic E-state index is -3.45. The molecule has 2 heterocycles. The van der Waals surface area contributed by atoms with Crippen molar-refractivity contribution < 1.29 is 13.3 Å². The van der Waals surface area contributed by atoms with Crippen molar-refractivity contribution in [3.05, 3.63) is 66.2 Å². The minimum absolute atomic E-state index is 0.0934. The Labute approximate surface area is 141 Å². The van der Waals surface area contributed by atoms with E-state index >= 15 is 0 Å². The standard InChI is InChI=1S/C18H18N2O3S/c21-24(22,16-10-5-2-6-11-16)14-18-12-7-13-20(18)17(19-23-18)15-8-3-1-4-9-15/h1-6,8-11H,7,12-14H2. The van der Waals surface area contributed by atoms with Crippen LogP contribution < -0.4 is 0 Å². The molecule has 0 spiro atoms. The van der Waals surface area contributed by atoms with Gasteiger partial charge in [0.05, 0.1) is 4.90 Å². The summed E-state index contributed by atoms with van der Waals surface area (Å²) in [5.41, 5.74) is 0.0539. The average molecular weight is 342 g/mol. The molecule has 6 heteroatoms. The third-order valence-electron chi connectivity index (χ3n) is 4.55. The van der Waals surface area contributed by atoms with Gasteiger partial charge in [0.25, 0.3) is 0 Å². The molecule has 2 aliphatic heterocycles. The van der Waals surface area contributed by atoms with Crippen LogP contribution in [0.4, 0.5) is 0 Å². The van der Waals surface area contributed by atoms with E-state index in [2.05, 4.69) is 5.16 Å². The summed E-state index contributed by atoms with van der Waals surface area (Å²) in [6.07, 6.45) is 1.54. The molecule has 2 aromatic carbocycles. The van der Waals surface area contributed by atoms with Gasteiger partial charge < -0.3 is 9.74 Å². The van der Waals surface area contributed by atoms with Crippen LogP contribution in [0.5, 0.6) is 0 Å². The average Bonchev–Trinajstić information content (AvgIpc) is 3.14. The number of benzene rings is 2. The fraction of sp³-hybridized carbons (Fsp3) is 0.278. The van der Waals surface area contributed by atoms with Gasteiger partial charge in [0.2, 0.25) is 5.72 Å². The minimum Gasteiger partial charge on any atom is -0.364 e. The lowest BCUT2D eigenvalue weighted by atomic mass is 10.1. The third kappa shape index (κ3) is 2.47. The number of hydrogen-bond donors (Lipinski definition) is 0. The molecule has 2 aliphatic rings. The number of fused-ring (bicyclic) bond motifs is 1. The van der Waals surface area contributed by atoms with Crippen LogP contribution in [-0.2, 0) is 14.7 Å². The predicted octanol–water partition coefficient (Wildman–Crippen LogP) is 2.64. The number of oxime groups is 1. The van der Waals surface area contributed by atoms with Gasteiger partial charge in [-0.1, -0.05) is 53.7 Å². The van der Waals surface area contributed by atoms with Gasteiger partial charge in [-0.3, -0.25) is 0 Å². The monoisotopic (exact) mass is 342 g/mol. The first-order valence-electron chi connectivity index (χ1n) is 7.98. The summed E-state index contributed by atoms with van der Waals surface area (Å²) in [4.78, 5) is 8.05. The Morgan fingerprint density at radius 1 is 1.04 bits per heavy atom. The van der Waals surface area contributed by atoms with Gasteiger partial charge in [0.15, 0.2) is 15.7 Å². The fourth-order valence-electron chi connectivity index (χ4n) is 3.40. The van der Waals surface area contributed by atoms with Crippen LogP contribution in [-0.4, -0.2) is 37.2 Å². The van der Waals surface area contributed by atoms with E-state index in [1.807, 2.05) is 41.3 Å². The van der Waals surface area contributed by atoms with Crippen molar-refractivity contribution in [2.75, 3.05) is 12.3 Å². The zero-order chi connectivity index (χ0) is 16.6. The molecule has 1 saturated heterocycles. The van der Waals surface area contributed by atoms with E-state index in [1.165, 1.54) is 0 Å². The number of sulfone groups is 1. The molecule has 24 heavy (non-hydrogen) atoms. The lowest BCUT2D eigenvalue weighted by molar-refractivity contribution is -0.0594. The molecule has 0 radical (unpaired) electrons. The summed E-state index contributed by atoms with van der Waals surface area (Å²) >= 11 is 0. The number of amidine groups is 1. The molecule has 1 unspecified atom stereocenters. The maximum atomic E-state index is 12.8.